The van der Waals surface area contributed by atoms with E-state index in [2.05, 4.69) is 14.8 Å². The number of aryl methyl sites for hydroxylation is 2. The minimum absolute atomic E-state index is 0.268. The van der Waals surface area contributed by atoms with Gasteiger partial charge >= 0.3 is 0 Å². The molecular weight excluding hydrogens is 360 g/mol. The quantitative estimate of drug-likeness (QED) is 0.821. The molecular formula is C17H21ClN4O2S. The van der Waals surface area contributed by atoms with E-state index in [1.165, 1.54) is 0 Å². The van der Waals surface area contributed by atoms with Crippen LogP contribution in [0.3, 0.4) is 0 Å². The Morgan fingerprint density at radius 3 is 2.64 bits per heavy atom. The first-order chi connectivity index (χ1) is 12.0. The summed E-state index contributed by atoms with van der Waals surface area (Å²) in [5.74, 6) is 2.38. The fraction of sp³-hybridized carbons (Fsp3) is 0.529. The van der Waals surface area contributed by atoms with Crippen LogP contribution in [0.15, 0.2) is 23.1 Å². The van der Waals surface area contributed by atoms with Crippen LogP contribution in [0.5, 0.6) is 0 Å². The lowest BCUT2D eigenvalue weighted by molar-refractivity contribution is 0.309. The van der Waals surface area contributed by atoms with Crippen molar-refractivity contribution in [2.24, 2.45) is 0 Å². The van der Waals surface area contributed by atoms with E-state index in [4.69, 9.17) is 11.6 Å². The molecule has 4 rings (SSSR count). The van der Waals surface area contributed by atoms with Crippen LogP contribution in [0.25, 0.3) is 0 Å². The largest absolute Gasteiger partial charge is 0.315 e. The molecule has 1 aromatic heterocycles. The van der Waals surface area contributed by atoms with Crippen molar-refractivity contribution in [3.05, 3.63) is 40.4 Å². The Hall–Kier alpha value is -1.44. The van der Waals surface area contributed by atoms with Crippen molar-refractivity contribution < 1.29 is 8.42 Å². The van der Waals surface area contributed by atoms with Crippen molar-refractivity contribution in [1.82, 2.24) is 19.1 Å². The molecule has 8 heteroatoms. The van der Waals surface area contributed by atoms with Crippen LogP contribution in [0, 0.1) is 6.92 Å². The van der Waals surface area contributed by atoms with Crippen molar-refractivity contribution in [1.29, 1.82) is 0 Å². The van der Waals surface area contributed by atoms with Gasteiger partial charge in [-0.15, -0.1) is 10.2 Å². The molecule has 0 unspecified atom stereocenters. The number of fused-ring (bicyclic) bond motifs is 1. The monoisotopic (exact) mass is 380 g/mol. The zero-order valence-electron chi connectivity index (χ0n) is 14.2. The second-order valence-corrected chi connectivity index (χ2v) is 9.16. The average Bonchev–Trinajstić information content (AvgIpc) is 3.21. The molecule has 1 fully saturated rings. The maximum atomic E-state index is 12.9. The lowest BCUT2D eigenvalue weighted by atomic mass is 9.97. The first kappa shape index (κ1) is 17.0. The number of aromatic nitrogens is 3. The zero-order chi connectivity index (χ0) is 17.6. The van der Waals surface area contributed by atoms with E-state index in [9.17, 15) is 8.42 Å². The minimum atomic E-state index is -3.50. The van der Waals surface area contributed by atoms with Crippen LogP contribution < -0.4 is 0 Å². The third kappa shape index (κ3) is 2.98. The average molecular weight is 381 g/mol. The zero-order valence-corrected chi connectivity index (χ0v) is 15.7. The molecule has 0 atom stereocenters. The van der Waals surface area contributed by atoms with Crippen LogP contribution in [0.1, 0.15) is 42.4 Å². The van der Waals surface area contributed by atoms with Gasteiger partial charge in [0.25, 0.3) is 0 Å². The van der Waals surface area contributed by atoms with Gasteiger partial charge < -0.3 is 4.57 Å². The first-order valence-corrected chi connectivity index (χ1v) is 10.5. The van der Waals surface area contributed by atoms with Gasteiger partial charge in [0.1, 0.15) is 11.6 Å². The molecule has 3 heterocycles. The van der Waals surface area contributed by atoms with Crippen molar-refractivity contribution in [2.75, 3.05) is 13.1 Å². The van der Waals surface area contributed by atoms with Gasteiger partial charge in [-0.1, -0.05) is 17.7 Å². The highest BCUT2D eigenvalue weighted by Gasteiger charge is 2.33. The van der Waals surface area contributed by atoms with Gasteiger partial charge in [0.05, 0.1) is 4.90 Å². The highest BCUT2D eigenvalue weighted by Crippen LogP contribution is 2.32. The molecule has 0 N–H and O–H groups in total. The molecule has 0 saturated carbocycles. The van der Waals surface area contributed by atoms with E-state index >= 15 is 0 Å². The fourth-order valence-electron chi connectivity index (χ4n) is 3.71. The third-order valence-corrected chi connectivity index (χ3v) is 7.54. The molecule has 134 valence electrons. The van der Waals surface area contributed by atoms with Crippen LogP contribution in [-0.2, 0) is 23.0 Å². The maximum Gasteiger partial charge on any atom is 0.243 e. The Morgan fingerprint density at radius 1 is 1.16 bits per heavy atom. The molecule has 1 aromatic carbocycles. The Balaban J connectivity index is 1.50. The first-order valence-electron chi connectivity index (χ1n) is 8.65. The molecule has 0 bridgehead atoms. The predicted molar refractivity (Wildman–Crippen MR) is 95.3 cm³/mol. The summed E-state index contributed by atoms with van der Waals surface area (Å²) >= 11 is 6.10. The Morgan fingerprint density at radius 2 is 1.92 bits per heavy atom. The highest BCUT2D eigenvalue weighted by atomic mass is 35.5. The summed E-state index contributed by atoms with van der Waals surface area (Å²) in [6, 6.07) is 4.93. The Kier molecular flexibility index (Phi) is 4.33. The van der Waals surface area contributed by atoms with Crippen LogP contribution in [-0.4, -0.2) is 40.6 Å². The molecule has 0 spiro atoms. The number of hydrogen-bond donors (Lipinski definition) is 0. The summed E-state index contributed by atoms with van der Waals surface area (Å²) in [7, 11) is -3.50. The smallest absolute Gasteiger partial charge is 0.243 e. The van der Waals surface area contributed by atoms with E-state index in [1.807, 2.05) is 6.92 Å². The topological polar surface area (TPSA) is 68.1 Å². The van der Waals surface area contributed by atoms with E-state index < -0.39 is 10.0 Å². The van der Waals surface area contributed by atoms with Gasteiger partial charge in [-0.25, -0.2) is 8.42 Å². The van der Waals surface area contributed by atoms with Crippen molar-refractivity contribution in [3.63, 3.8) is 0 Å². The van der Waals surface area contributed by atoms with E-state index in [1.54, 1.807) is 22.5 Å². The molecule has 0 aliphatic carbocycles. The maximum absolute atomic E-state index is 12.9. The number of hydrogen-bond acceptors (Lipinski definition) is 4. The molecule has 0 radical (unpaired) electrons. The molecule has 1 saturated heterocycles. The normalized spacial score (nSPS) is 19.3. The van der Waals surface area contributed by atoms with E-state index in [0.29, 0.717) is 18.1 Å². The molecule has 0 amide bonds. The minimum Gasteiger partial charge on any atom is -0.315 e. The Bertz CT molecular complexity index is 901. The molecule has 2 aromatic rings. The SMILES string of the molecule is Cc1ccc(S(=O)(=O)N2CCC(c3nnc4n3CCC4)CC2)cc1Cl. The van der Waals surface area contributed by atoms with E-state index in [0.717, 1.165) is 49.4 Å². The standard InChI is InChI=1S/C17H21ClN4O2S/c1-12-4-5-14(11-15(12)18)25(23,24)21-9-6-13(7-10-21)17-20-19-16-3-2-8-22(16)17/h4-5,11,13H,2-3,6-10H2,1H3. The van der Waals surface area contributed by atoms with Gasteiger partial charge in [-0.3, -0.25) is 0 Å². The van der Waals surface area contributed by atoms with Gasteiger partial charge in [0.2, 0.25) is 10.0 Å². The molecule has 2 aliphatic rings. The number of halogens is 1. The lowest BCUT2D eigenvalue weighted by Gasteiger charge is -2.30. The second-order valence-electron chi connectivity index (χ2n) is 6.82. The number of rotatable bonds is 3. The van der Waals surface area contributed by atoms with Gasteiger partial charge in [-0.2, -0.15) is 4.31 Å². The number of piperidine rings is 1. The summed E-state index contributed by atoms with van der Waals surface area (Å²) in [6.45, 7) is 3.85. The molecule has 6 nitrogen and oxygen atoms in total. The second kappa shape index (κ2) is 6.37. The van der Waals surface area contributed by atoms with E-state index in [-0.39, 0.29) is 10.8 Å². The van der Waals surface area contributed by atoms with Gasteiger partial charge in [0.15, 0.2) is 0 Å². The number of benzene rings is 1. The number of nitrogens with zero attached hydrogens (tertiary/aromatic N) is 4. The lowest BCUT2D eigenvalue weighted by Crippen LogP contribution is -2.38. The number of sulfonamides is 1. The summed E-state index contributed by atoms with van der Waals surface area (Å²) in [5, 5.41) is 9.11. The summed E-state index contributed by atoms with van der Waals surface area (Å²) in [6.07, 6.45) is 3.67. The van der Waals surface area contributed by atoms with Gasteiger partial charge in [-0.05, 0) is 43.9 Å². The summed E-state index contributed by atoms with van der Waals surface area (Å²) < 4.78 is 29.5. The summed E-state index contributed by atoms with van der Waals surface area (Å²) in [5.41, 5.74) is 0.875. The third-order valence-electron chi connectivity index (χ3n) is 5.24. The predicted octanol–water partition coefficient (Wildman–Crippen LogP) is 2.75. The highest BCUT2D eigenvalue weighted by molar-refractivity contribution is 7.89. The van der Waals surface area contributed by atoms with Crippen LogP contribution >= 0.6 is 11.6 Å². The molecule has 25 heavy (non-hydrogen) atoms. The van der Waals surface area contributed by atoms with Gasteiger partial charge in [0, 0.05) is 37.0 Å². The Labute approximate surface area is 152 Å². The van der Waals surface area contributed by atoms with Crippen molar-refractivity contribution in [3.8, 4) is 0 Å². The van der Waals surface area contributed by atoms with Crippen LogP contribution in [0.4, 0.5) is 0 Å². The van der Waals surface area contributed by atoms with Crippen LogP contribution in [0.2, 0.25) is 5.02 Å². The fourth-order valence-corrected chi connectivity index (χ4v) is 5.45. The summed E-state index contributed by atoms with van der Waals surface area (Å²) in [4.78, 5) is 0.268. The van der Waals surface area contributed by atoms with Crippen molar-refractivity contribution >= 4 is 21.6 Å². The molecule has 2 aliphatic heterocycles. The van der Waals surface area contributed by atoms with Crippen molar-refractivity contribution in [2.45, 2.75) is 50.0 Å².